The summed E-state index contributed by atoms with van der Waals surface area (Å²) in [7, 11) is 0. The number of fused-ring (bicyclic) bond motifs is 1. The van der Waals surface area contributed by atoms with Crippen LogP contribution in [0.5, 0.6) is 0 Å². The lowest BCUT2D eigenvalue weighted by atomic mass is 9.92. The summed E-state index contributed by atoms with van der Waals surface area (Å²) < 4.78 is 1.85. The molecule has 0 spiro atoms. The van der Waals surface area contributed by atoms with Gasteiger partial charge < -0.3 is 10.6 Å². The highest BCUT2D eigenvalue weighted by atomic mass is 32.2. The maximum atomic E-state index is 13.9. The number of carbonyl (C=O) groups is 1. The molecule has 6 nitrogen and oxygen atoms in total. The molecule has 200 valence electrons. The summed E-state index contributed by atoms with van der Waals surface area (Å²) in [6.07, 6.45) is 0. The average molecular weight is 538 g/mol. The number of hydrogen-bond donors (Lipinski definition) is 2. The molecule has 1 aliphatic heterocycles. The fourth-order valence-corrected chi connectivity index (χ4v) is 5.72. The number of benzene rings is 3. The number of hydrogen-bond acceptors (Lipinski definition) is 5. The van der Waals surface area contributed by atoms with Crippen LogP contribution in [0, 0.1) is 20.8 Å². The highest BCUT2D eigenvalue weighted by Gasteiger charge is 2.34. The molecule has 0 saturated heterocycles. The highest BCUT2D eigenvalue weighted by Crippen LogP contribution is 2.37. The highest BCUT2D eigenvalue weighted by molar-refractivity contribution is 7.98. The second kappa shape index (κ2) is 11.1. The van der Waals surface area contributed by atoms with E-state index < -0.39 is 6.04 Å². The molecule has 1 aliphatic rings. The summed E-state index contributed by atoms with van der Waals surface area (Å²) in [5.74, 6) is 1.68. The zero-order chi connectivity index (χ0) is 27.7. The summed E-state index contributed by atoms with van der Waals surface area (Å²) in [5.41, 5.74) is 9.09. The second-order valence-corrected chi connectivity index (χ2v) is 11.5. The van der Waals surface area contributed by atoms with E-state index in [1.54, 1.807) is 11.8 Å². The maximum absolute atomic E-state index is 13.9. The summed E-state index contributed by atoms with van der Waals surface area (Å²) in [5, 5.41) is 12.1. The van der Waals surface area contributed by atoms with Crippen molar-refractivity contribution in [3.05, 3.63) is 111 Å². The first-order valence-electron chi connectivity index (χ1n) is 13.3. The normalized spacial score (nSPS) is 14.8. The molecule has 0 radical (unpaired) electrons. The number of anilines is 2. The predicted molar refractivity (Wildman–Crippen MR) is 160 cm³/mol. The van der Waals surface area contributed by atoms with Crippen molar-refractivity contribution >= 4 is 29.3 Å². The van der Waals surface area contributed by atoms with Crippen LogP contribution in [-0.2, 0) is 10.5 Å². The summed E-state index contributed by atoms with van der Waals surface area (Å²) in [4.78, 5) is 18.7. The Morgan fingerprint density at radius 1 is 1.00 bits per heavy atom. The van der Waals surface area contributed by atoms with Crippen LogP contribution < -0.4 is 10.6 Å². The minimum absolute atomic E-state index is 0.153. The van der Waals surface area contributed by atoms with Crippen LogP contribution in [0.15, 0.2) is 83.2 Å². The molecule has 1 aromatic heterocycles. The second-order valence-electron chi connectivity index (χ2n) is 10.6. The van der Waals surface area contributed by atoms with E-state index in [9.17, 15) is 4.79 Å². The molecule has 0 fully saturated rings. The molecule has 1 amide bonds. The smallest absolute Gasteiger partial charge is 0.255 e. The van der Waals surface area contributed by atoms with Crippen molar-refractivity contribution in [1.29, 1.82) is 0 Å². The Labute approximate surface area is 234 Å². The number of thioether (sulfide) groups is 1. The molecule has 39 heavy (non-hydrogen) atoms. The zero-order valence-corrected chi connectivity index (χ0v) is 24.2. The first-order chi connectivity index (χ1) is 18.7. The van der Waals surface area contributed by atoms with Gasteiger partial charge >= 0.3 is 0 Å². The number of amides is 1. The van der Waals surface area contributed by atoms with E-state index in [0.29, 0.717) is 22.6 Å². The third kappa shape index (κ3) is 5.78. The molecule has 0 bridgehead atoms. The third-order valence-electron chi connectivity index (χ3n) is 7.08. The van der Waals surface area contributed by atoms with Gasteiger partial charge in [-0.05, 0) is 61.9 Å². The van der Waals surface area contributed by atoms with Gasteiger partial charge in [-0.25, -0.2) is 4.68 Å². The first kappa shape index (κ1) is 26.8. The average Bonchev–Trinajstić information content (AvgIpc) is 3.30. The van der Waals surface area contributed by atoms with E-state index >= 15 is 0 Å². The maximum Gasteiger partial charge on any atom is 0.255 e. The number of aromatic nitrogens is 3. The standard InChI is InChI=1S/C32H35N5OS/c1-19(2)25-11-13-26(14-12-25)29-28(30(38)34-27-15-10-21(4)16-22(27)5)23(6)33-31-35-32(36-37(29)31)39-18-24-9-7-8-20(3)17-24/h7-17,19,29H,18H2,1-6H3,(H,34,38)(H,33,35,36)/t29-/m0/s1. The molecule has 0 saturated carbocycles. The fraction of sp³-hybridized carbons (Fsp3) is 0.281. The minimum atomic E-state index is -0.408. The number of nitrogens with one attached hydrogen (secondary N) is 2. The van der Waals surface area contributed by atoms with Gasteiger partial charge in [0.1, 0.15) is 6.04 Å². The lowest BCUT2D eigenvalue weighted by Gasteiger charge is -2.29. The van der Waals surface area contributed by atoms with Crippen molar-refractivity contribution < 1.29 is 4.79 Å². The Balaban J connectivity index is 1.50. The largest absolute Gasteiger partial charge is 0.328 e. The molecule has 2 heterocycles. The molecule has 2 N–H and O–H groups in total. The van der Waals surface area contributed by atoms with E-state index in [-0.39, 0.29) is 5.91 Å². The third-order valence-corrected chi connectivity index (χ3v) is 7.99. The van der Waals surface area contributed by atoms with E-state index in [2.05, 4.69) is 86.0 Å². The van der Waals surface area contributed by atoms with Crippen LogP contribution in [0.25, 0.3) is 0 Å². The van der Waals surface area contributed by atoms with Gasteiger partial charge in [0.2, 0.25) is 11.1 Å². The van der Waals surface area contributed by atoms with Crippen LogP contribution in [-0.4, -0.2) is 20.7 Å². The minimum Gasteiger partial charge on any atom is -0.328 e. The number of aryl methyl sites for hydroxylation is 3. The number of allylic oxidation sites excluding steroid dienone is 1. The first-order valence-corrected chi connectivity index (χ1v) is 14.3. The van der Waals surface area contributed by atoms with Gasteiger partial charge in [0.25, 0.3) is 5.91 Å². The van der Waals surface area contributed by atoms with Gasteiger partial charge in [-0.2, -0.15) is 4.98 Å². The van der Waals surface area contributed by atoms with Crippen molar-refractivity contribution in [1.82, 2.24) is 14.8 Å². The molecule has 5 rings (SSSR count). The zero-order valence-electron chi connectivity index (χ0n) is 23.4. The van der Waals surface area contributed by atoms with Crippen LogP contribution in [0.3, 0.4) is 0 Å². The predicted octanol–water partition coefficient (Wildman–Crippen LogP) is 7.55. The van der Waals surface area contributed by atoms with Crippen LogP contribution in [0.4, 0.5) is 11.6 Å². The van der Waals surface area contributed by atoms with E-state index in [4.69, 9.17) is 10.1 Å². The van der Waals surface area contributed by atoms with Crippen LogP contribution >= 0.6 is 11.8 Å². The Morgan fingerprint density at radius 3 is 2.44 bits per heavy atom. The van der Waals surface area contributed by atoms with Crippen molar-refractivity contribution in [3.8, 4) is 0 Å². The quantitative estimate of drug-likeness (QED) is 0.238. The van der Waals surface area contributed by atoms with Crippen LogP contribution in [0.1, 0.15) is 66.1 Å². The molecule has 7 heteroatoms. The van der Waals surface area contributed by atoms with E-state index in [0.717, 1.165) is 33.8 Å². The lowest BCUT2D eigenvalue weighted by Crippen LogP contribution is -2.31. The van der Waals surface area contributed by atoms with Gasteiger partial charge in [0, 0.05) is 17.1 Å². The number of nitrogens with zero attached hydrogens (tertiary/aromatic N) is 3. The van der Waals surface area contributed by atoms with E-state index in [1.165, 1.54) is 16.7 Å². The van der Waals surface area contributed by atoms with Crippen molar-refractivity contribution in [2.45, 2.75) is 64.4 Å². The van der Waals surface area contributed by atoms with Crippen molar-refractivity contribution in [2.24, 2.45) is 0 Å². The van der Waals surface area contributed by atoms with Gasteiger partial charge in [-0.1, -0.05) is 97.4 Å². The van der Waals surface area contributed by atoms with Gasteiger partial charge in [0.15, 0.2) is 0 Å². The molecule has 0 aliphatic carbocycles. The van der Waals surface area contributed by atoms with Crippen molar-refractivity contribution in [2.75, 3.05) is 10.6 Å². The number of rotatable bonds is 7. The Bertz CT molecular complexity index is 1550. The van der Waals surface area contributed by atoms with Gasteiger partial charge in [0.05, 0.1) is 5.57 Å². The fourth-order valence-electron chi connectivity index (χ4n) is 4.95. The molecule has 0 unspecified atom stereocenters. The monoisotopic (exact) mass is 537 g/mol. The summed E-state index contributed by atoms with van der Waals surface area (Å²) in [6, 6.07) is 22.6. The van der Waals surface area contributed by atoms with E-state index in [1.807, 2.05) is 37.6 Å². The molecule has 3 aromatic carbocycles. The topological polar surface area (TPSA) is 71.8 Å². The van der Waals surface area contributed by atoms with Gasteiger partial charge in [-0.3, -0.25) is 4.79 Å². The summed E-state index contributed by atoms with van der Waals surface area (Å²) in [6.45, 7) is 12.5. The van der Waals surface area contributed by atoms with Gasteiger partial charge in [-0.15, -0.1) is 5.10 Å². The molecule has 4 aromatic rings. The Kier molecular flexibility index (Phi) is 7.62. The molecular formula is C32H35N5OS. The summed E-state index contributed by atoms with van der Waals surface area (Å²) >= 11 is 1.59. The number of carbonyl (C=O) groups excluding carboxylic acids is 1. The Morgan fingerprint density at radius 2 is 1.74 bits per heavy atom. The molecule has 1 atom stereocenters. The molecular weight excluding hydrogens is 502 g/mol. The Hall–Kier alpha value is -3.84. The lowest BCUT2D eigenvalue weighted by molar-refractivity contribution is -0.113. The SMILES string of the molecule is CC1=C(C(=O)Nc2ccc(C)cc2C)[C@H](c2ccc(C(C)C)cc2)n2nc(SCc3cccc(C)c3)nc2N1. The van der Waals surface area contributed by atoms with Crippen LogP contribution in [0.2, 0.25) is 0 Å². The van der Waals surface area contributed by atoms with Crippen molar-refractivity contribution in [3.63, 3.8) is 0 Å².